The largest absolute Gasteiger partial charge is 0.490 e. The van der Waals surface area contributed by atoms with E-state index in [0.29, 0.717) is 35.4 Å². The molecule has 1 aromatic rings. The molecular formula is C17H25NO3. The predicted octanol–water partition coefficient (Wildman–Crippen LogP) is 3.65. The van der Waals surface area contributed by atoms with Crippen molar-refractivity contribution >= 4 is 11.7 Å². The van der Waals surface area contributed by atoms with Gasteiger partial charge < -0.3 is 15.2 Å². The summed E-state index contributed by atoms with van der Waals surface area (Å²) in [6.07, 6.45) is 3.59. The van der Waals surface area contributed by atoms with Crippen LogP contribution in [0.15, 0.2) is 18.2 Å². The van der Waals surface area contributed by atoms with E-state index in [2.05, 4.69) is 13.8 Å². The number of nitrogens with two attached hydrogens (primary N) is 1. The van der Waals surface area contributed by atoms with Gasteiger partial charge in [-0.05, 0) is 56.2 Å². The van der Waals surface area contributed by atoms with Gasteiger partial charge in [0.2, 0.25) is 0 Å². The first-order valence-corrected chi connectivity index (χ1v) is 7.72. The standard InChI is InChI=1S/C17H25NO3/c1-4-20-17(19)15-10-13(5-6-16(15)18)21-14-8-11(2)7-12(3)9-14/h5-6,10-12,14H,4,7-9,18H2,1-3H3. The maximum Gasteiger partial charge on any atom is 0.340 e. The molecule has 4 heteroatoms. The summed E-state index contributed by atoms with van der Waals surface area (Å²) in [5, 5.41) is 0. The predicted molar refractivity (Wildman–Crippen MR) is 83.4 cm³/mol. The first kappa shape index (κ1) is 15.7. The van der Waals surface area contributed by atoms with Crippen LogP contribution >= 0.6 is 0 Å². The average molecular weight is 291 g/mol. The third kappa shape index (κ3) is 4.13. The lowest BCUT2D eigenvalue weighted by molar-refractivity contribution is 0.0525. The Hall–Kier alpha value is -1.71. The third-order valence-electron chi connectivity index (χ3n) is 3.96. The molecule has 2 rings (SSSR count). The Kier molecular flexibility index (Phi) is 5.10. The minimum absolute atomic E-state index is 0.211. The number of nitrogen functional groups attached to an aromatic ring is 1. The van der Waals surface area contributed by atoms with E-state index in [-0.39, 0.29) is 6.10 Å². The van der Waals surface area contributed by atoms with Crippen molar-refractivity contribution < 1.29 is 14.3 Å². The first-order valence-electron chi connectivity index (χ1n) is 7.72. The lowest BCUT2D eigenvalue weighted by atomic mass is 9.82. The maximum absolute atomic E-state index is 11.9. The van der Waals surface area contributed by atoms with E-state index in [0.717, 1.165) is 12.8 Å². The van der Waals surface area contributed by atoms with Gasteiger partial charge in [-0.15, -0.1) is 0 Å². The monoisotopic (exact) mass is 291 g/mol. The van der Waals surface area contributed by atoms with Crippen molar-refractivity contribution in [3.8, 4) is 5.75 Å². The van der Waals surface area contributed by atoms with E-state index in [1.54, 1.807) is 19.1 Å². The molecule has 2 unspecified atom stereocenters. The fraction of sp³-hybridized carbons (Fsp3) is 0.588. The van der Waals surface area contributed by atoms with Gasteiger partial charge in [0.1, 0.15) is 5.75 Å². The molecule has 1 aliphatic rings. The number of carbonyl (C=O) groups is 1. The van der Waals surface area contributed by atoms with Gasteiger partial charge in [-0.1, -0.05) is 13.8 Å². The van der Waals surface area contributed by atoms with Gasteiger partial charge in [0, 0.05) is 5.69 Å². The van der Waals surface area contributed by atoms with Crippen LogP contribution < -0.4 is 10.5 Å². The van der Waals surface area contributed by atoms with Crippen LogP contribution in [0, 0.1) is 11.8 Å². The van der Waals surface area contributed by atoms with Crippen LogP contribution in [0.5, 0.6) is 5.75 Å². The second-order valence-corrected chi connectivity index (χ2v) is 6.13. The second-order valence-electron chi connectivity index (χ2n) is 6.13. The molecule has 21 heavy (non-hydrogen) atoms. The summed E-state index contributed by atoms with van der Waals surface area (Å²) in [5.41, 5.74) is 6.64. The van der Waals surface area contributed by atoms with Crippen molar-refractivity contribution in [1.82, 2.24) is 0 Å². The van der Waals surface area contributed by atoms with Crippen LogP contribution in [0.1, 0.15) is 50.4 Å². The van der Waals surface area contributed by atoms with Crippen molar-refractivity contribution in [1.29, 1.82) is 0 Å². The topological polar surface area (TPSA) is 61.5 Å². The molecule has 0 aliphatic heterocycles. The second kappa shape index (κ2) is 6.83. The zero-order valence-electron chi connectivity index (χ0n) is 13.1. The van der Waals surface area contributed by atoms with Crippen molar-refractivity contribution in [2.24, 2.45) is 11.8 Å². The molecule has 1 fully saturated rings. The minimum atomic E-state index is -0.397. The molecule has 0 saturated heterocycles. The third-order valence-corrected chi connectivity index (χ3v) is 3.96. The van der Waals surface area contributed by atoms with Gasteiger partial charge in [-0.25, -0.2) is 4.79 Å². The molecule has 0 heterocycles. The molecule has 1 aromatic carbocycles. The molecule has 4 nitrogen and oxygen atoms in total. The Labute approximate surface area is 126 Å². The Morgan fingerprint density at radius 3 is 2.52 bits per heavy atom. The van der Waals surface area contributed by atoms with Gasteiger partial charge in [-0.2, -0.15) is 0 Å². The summed E-state index contributed by atoms with van der Waals surface area (Å²) < 4.78 is 11.1. The van der Waals surface area contributed by atoms with Crippen LogP contribution in [-0.2, 0) is 4.74 Å². The molecule has 0 amide bonds. The van der Waals surface area contributed by atoms with E-state index in [9.17, 15) is 4.79 Å². The highest BCUT2D eigenvalue weighted by molar-refractivity contribution is 5.95. The lowest BCUT2D eigenvalue weighted by Crippen LogP contribution is -2.28. The van der Waals surface area contributed by atoms with Crippen LogP contribution in [-0.4, -0.2) is 18.7 Å². The molecule has 1 saturated carbocycles. The highest BCUT2D eigenvalue weighted by atomic mass is 16.5. The highest BCUT2D eigenvalue weighted by Crippen LogP contribution is 2.32. The average Bonchev–Trinajstić information content (AvgIpc) is 2.40. The number of carbonyl (C=O) groups excluding carboxylic acids is 1. The van der Waals surface area contributed by atoms with Crippen LogP contribution in [0.4, 0.5) is 5.69 Å². The molecule has 2 atom stereocenters. The van der Waals surface area contributed by atoms with Gasteiger partial charge in [0.25, 0.3) is 0 Å². The van der Waals surface area contributed by atoms with E-state index in [4.69, 9.17) is 15.2 Å². The normalized spacial score (nSPS) is 25.4. The van der Waals surface area contributed by atoms with E-state index in [1.165, 1.54) is 6.42 Å². The molecular weight excluding hydrogens is 266 g/mol. The number of benzene rings is 1. The molecule has 2 N–H and O–H groups in total. The smallest absolute Gasteiger partial charge is 0.340 e. The summed E-state index contributed by atoms with van der Waals surface area (Å²) in [4.78, 5) is 11.9. The van der Waals surface area contributed by atoms with Crippen molar-refractivity contribution in [3.05, 3.63) is 23.8 Å². The number of esters is 1. The maximum atomic E-state index is 11.9. The molecule has 116 valence electrons. The van der Waals surface area contributed by atoms with E-state index >= 15 is 0 Å². The molecule has 1 aliphatic carbocycles. The summed E-state index contributed by atoms with van der Waals surface area (Å²) in [6, 6.07) is 5.22. The Bertz CT molecular complexity index is 491. The number of rotatable bonds is 4. The SMILES string of the molecule is CCOC(=O)c1cc(OC2CC(C)CC(C)C2)ccc1N. The van der Waals surface area contributed by atoms with Crippen molar-refractivity contribution in [2.45, 2.75) is 46.1 Å². The fourth-order valence-electron chi connectivity index (χ4n) is 3.16. The van der Waals surface area contributed by atoms with E-state index < -0.39 is 5.97 Å². The van der Waals surface area contributed by atoms with Gasteiger partial charge >= 0.3 is 5.97 Å². The minimum Gasteiger partial charge on any atom is -0.490 e. The Morgan fingerprint density at radius 2 is 1.90 bits per heavy atom. The zero-order valence-corrected chi connectivity index (χ0v) is 13.1. The zero-order chi connectivity index (χ0) is 15.4. The number of ether oxygens (including phenoxy) is 2. The summed E-state index contributed by atoms with van der Waals surface area (Å²) >= 11 is 0. The molecule has 0 bridgehead atoms. The number of hydrogen-bond donors (Lipinski definition) is 1. The van der Waals surface area contributed by atoms with E-state index in [1.807, 2.05) is 6.07 Å². The van der Waals surface area contributed by atoms with Gasteiger partial charge in [-0.3, -0.25) is 0 Å². The number of anilines is 1. The number of hydrogen-bond acceptors (Lipinski definition) is 4. The summed E-state index contributed by atoms with van der Waals surface area (Å²) in [6.45, 7) is 6.64. The summed E-state index contributed by atoms with van der Waals surface area (Å²) in [7, 11) is 0. The molecule has 0 spiro atoms. The lowest BCUT2D eigenvalue weighted by Gasteiger charge is -2.31. The summed E-state index contributed by atoms with van der Waals surface area (Å²) in [5.74, 6) is 1.65. The van der Waals surface area contributed by atoms with Crippen molar-refractivity contribution in [2.75, 3.05) is 12.3 Å². The quantitative estimate of drug-likeness (QED) is 0.679. The Balaban J connectivity index is 2.10. The first-order chi connectivity index (χ1) is 9.99. The van der Waals surface area contributed by atoms with Crippen molar-refractivity contribution in [3.63, 3.8) is 0 Å². The van der Waals surface area contributed by atoms with Crippen LogP contribution in [0.2, 0.25) is 0 Å². The molecule has 0 aromatic heterocycles. The Morgan fingerprint density at radius 1 is 1.24 bits per heavy atom. The van der Waals surface area contributed by atoms with Gasteiger partial charge in [0.15, 0.2) is 0 Å². The van der Waals surface area contributed by atoms with Crippen LogP contribution in [0.3, 0.4) is 0 Å². The highest BCUT2D eigenvalue weighted by Gasteiger charge is 2.25. The van der Waals surface area contributed by atoms with Crippen LogP contribution in [0.25, 0.3) is 0 Å². The fourth-order valence-corrected chi connectivity index (χ4v) is 3.16. The van der Waals surface area contributed by atoms with Gasteiger partial charge in [0.05, 0.1) is 18.3 Å². The molecule has 0 radical (unpaired) electrons.